The number of nitro groups is 1. The van der Waals surface area contributed by atoms with Gasteiger partial charge in [0.2, 0.25) is 0 Å². The summed E-state index contributed by atoms with van der Waals surface area (Å²) in [6.07, 6.45) is 0. The van der Waals surface area contributed by atoms with Crippen molar-refractivity contribution in [1.29, 1.82) is 0 Å². The monoisotopic (exact) mass is 292 g/mol. The molecule has 6 heteroatoms. The van der Waals surface area contributed by atoms with Gasteiger partial charge in [-0.25, -0.2) is 8.78 Å². The summed E-state index contributed by atoms with van der Waals surface area (Å²) >= 11 is 0. The van der Waals surface area contributed by atoms with Crippen LogP contribution in [0.25, 0.3) is 0 Å². The Balaban J connectivity index is 2.57. The highest BCUT2D eigenvalue weighted by molar-refractivity contribution is 5.48. The second kappa shape index (κ2) is 5.57. The molecule has 0 aromatic heterocycles. The highest BCUT2D eigenvalue weighted by atomic mass is 19.1. The van der Waals surface area contributed by atoms with Crippen molar-refractivity contribution in [2.75, 3.05) is 0 Å². The van der Waals surface area contributed by atoms with Gasteiger partial charge in [0.05, 0.1) is 11.0 Å². The van der Waals surface area contributed by atoms with E-state index in [-0.39, 0.29) is 11.3 Å². The Hall–Kier alpha value is -2.34. The molecule has 0 saturated carbocycles. The minimum absolute atomic E-state index is 0.0967. The fraction of sp³-hybridized carbons (Fsp3) is 0.200. The number of halogens is 2. The molecule has 2 N–H and O–H groups in total. The van der Waals surface area contributed by atoms with Gasteiger partial charge in [0, 0.05) is 23.8 Å². The van der Waals surface area contributed by atoms with Gasteiger partial charge >= 0.3 is 0 Å². The van der Waals surface area contributed by atoms with Crippen LogP contribution in [0.4, 0.5) is 14.5 Å². The summed E-state index contributed by atoms with van der Waals surface area (Å²) in [4.78, 5) is 10.4. The molecule has 1 atom stereocenters. The second-order valence-electron chi connectivity index (χ2n) is 4.88. The molecule has 2 rings (SSSR count). The van der Waals surface area contributed by atoms with E-state index in [2.05, 4.69) is 0 Å². The molecule has 21 heavy (non-hydrogen) atoms. The van der Waals surface area contributed by atoms with Gasteiger partial charge in [-0.05, 0) is 36.6 Å². The Bertz CT molecular complexity index is 717. The lowest BCUT2D eigenvalue weighted by molar-refractivity contribution is -0.385. The third-order valence-electron chi connectivity index (χ3n) is 3.54. The van der Waals surface area contributed by atoms with Gasteiger partial charge in [0.25, 0.3) is 5.69 Å². The quantitative estimate of drug-likeness (QED) is 0.695. The summed E-state index contributed by atoms with van der Waals surface area (Å²) in [5.74, 6) is -1.47. The van der Waals surface area contributed by atoms with Gasteiger partial charge in [0.15, 0.2) is 0 Å². The van der Waals surface area contributed by atoms with Gasteiger partial charge < -0.3 is 5.73 Å². The van der Waals surface area contributed by atoms with Crippen LogP contribution < -0.4 is 5.73 Å². The van der Waals surface area contributed by atoms with Gasteiger partial charge in [-0.15, -0.1) is 0 Å². The van der Waals surface area contributed by atoms with E-state index in [4.69, 9.17) is 5.73 Å². The van der Waals surface area contributed by atoms with Crippen LogP contribution in [-0.4, -0.2) is 4.92 Å². The van der Waals surface area contributed by atoms with Crippen LogP contribution in [-0.2, 0) is 0 Å². The van der Waals surface area contributed by atoms with Crippen LogP contribution in [0, 0.1) is 35.6 Å². The van der Waals surface area contributed by atoms with Gasteiger partial charge in [-0.1, -0.05) is 6.07 Å². The van der Waals surface area contributed by atoms with Crippen LogP contribution in [0.5, 0.6) is 0 Å². The van der Waals surface area contributed by atoms with Crippen molar-refractivity contribution >= 4 is 5.69 Å². The first-order valence-electron chi connectivity index (χ1n) is 6.27. The van der Waals surface area contributed by atoms with Crippen molar-refractivity contribution in [3.05, 3.63) is 74.3 Å². The standard InChI is InChI=1S/C15H14F2N2O2/c1-8-5-11(19(20)21)7-13(9(8)2)15(18)12-4-3-10(16)6-14(12)17/h3-7,15H,18H2,1-2H3. The predicted octanol–water partition coefficient (Wildman–Crippen LogP) is 3.54. The maximum Gasteiger partial charge on any atom is 0.270 e. The molecule has 0 heterocycles. The topological polar surface area (TPSA) is 69.2 Å². The molecule has 0 aliphatic carbocycles. The van der Waals surface area contributed by atoms with Crippen LogP contribution >= 0.6 is 0 Å². The lowest BCUT2D eigenvalue weighted by atomic mass is 9.92. The molecule has 2 aromatic rings. The maximum absolute atomic E-state index is 13.8. The van der Waals surface area contributed by atoms with Gasteiger partial charge in [-0.2, -0.15) is 0 Å². The van der Waals surface area contributed by atoms with Crippen LogP contribution in [0.3, 0.4) is 0 Å². The van der Waals surface area contributed by atoms with Crippen LogP contribution in [0.15, 0.2) is 30.3 Å². The molecule has 4 nitrogen and oxygen atoms in total. The summed E-state index contributed by atoms with van der Waals surface area (Å²) in [5, 5.41) is 10.9. The lowest BCUT2D eigenvalue weighted by Gasteiger charge is -2.17. The zero-order valence-corrected chi connectivity index (χ0v) is 11.6. The van der Waals surface area contributed by atoms with E-state index >= 15 is 0 Å². The Kier molecular flexibility index (Phi) is 3.99. The first kappa shape index (κ1) is 15.1. The van der Waals surface area contributed by atoms with E-state index in [1.54, 1.807) is 13.8 Å². The summed E-state index contributed by atoms with van der Waals surface area (Å²) in [5.41, 5.74) is 7.90. The van der Waals surface area contributed by atoms with Crippen molar-refractivity contribution in [1.82, 2.24) is 0 Å². The normalized spacial score (nSPS) is 12.2. The first-order chi connectivity index (χ1) is 9.81. The van der Waals surface area contributed by atoms with Crippen molar-refractivity contribution in [3.8, 4) is 0 Å². The van der Waals surface area contributed by atoms with Gasteiger partial charge in [0.1, 0.15) is 11.6 Å². The van der Waals surface area contributed by atoms with Crippen molar-refractivity contribution in [2.45, 2.75) is 19.9 Å². The molecule has 0 aliphatic rings. The van der Waals surface area contributed by atoms with E-state index in [0.29, 0.717) is 11.1 Å². The molecule has 0 amide bonds. The summed E-state index contributed by atoms with van der Waals surface area (Å²) in [7, 11) is 0. The number of nitro benzene ring substituents is 1. The van der Waals surface area contributed by atoms with Crippen molar-refractivity contribution in [2.24, 2.45) is 5.73 Å². The Labute approximate surface area is 120 Å². The molecular formula is C15H14F2N2O2. The third kappa shape index (κ3) is 2.90. The minimum atomic E-state index is -0.899. The zero-order chi connectivity index (χ0) is 15.7. The average molecular weight is 292 g/mol. The smallest absolute Gasteiger partial charge is 0.270 e. The SMILES string of the molecule is Cc1cc([N+](=O)[O-])cc(C(N)c2ccc(F)cc2F)c1C. The number of aryl methyl sites for hydroxylation is 1. The summed E-state index contributed by atoms with van der Waals surface area (Å²) in [6, 6.07) is 4.97. The van der Waals surface area contributed by atoms with Crippen LogP contribution in [0.2, 0.25) is 0 Å². The molecule has 0 spiro atoms. The lowest BCUT2D eigenvalue weighted by Crippen LogP contribution is -2.16. The van der Waals surface area contributed by atoms with E-state index in [1.165, 1.54) is 18.2 Å². The van der Waals surface area contributed by atoms with E-state index < -0.39 is 22.6 Å². The highest BCUT2D eigenvalue weighted by Crippen LogP contribution is 2.30. The largest absolute Gasteiger partial charge is 0.320 e. The number of non-ortho nitro benzene ring substituents is 1. The molecular weight excluding hydrogens is 278 g/mol. The maximum atomic E-state index is 13.8. The zero-order valence-electron chi connectivity index (χ0n) is 11.6. The molecule has 0 saturated heterocycles. The average Bonchev–Trinajstić information content (AvgIpc) is 2.40. The predicted molar refractivity (Wildman–Crippen MR) is 75.0 cm³/mol. The molecule has 0 radical (unpaired) electrons. The molecule has 0 fully saturated rings. The van der Waals surface area contributed by atoms with E-state index in [0.717, 1.165) is 17.7 Å². The Morgan fingerprint density at radius 2 is 1.81 bits per heavy atom. The summed E-state index contributed by atoms with van der Waals surface area (Å²) in [6.45, 7) is 3.48. The number of rotatable bonds is 3. The van der Waals surface area contributed by atoms with Crippen molar-refractivity contribution in [3.63, 3.8) is 0 Å². The van der Waals surface area contributed by atoms with Crippen LogP contribution in [0.1, 0.15) is 28.3 Å². The molecule has 110 valence electrons. The summed E-state index contributed by atoms with van der Waals surface area (Å²) < 4.78 is 26.8. The molecule has 2 aromatic carbocycles. The van der Waals surface area contributed by atoms with Gasteiger partial charge in [-0.3, -0.25) is 10.1 Å². The third-order valence-corrected chi connectivity index (χ3v) is 3.54. The van der Waals surface area contributed by atoms with E-state index in [1.807, 2.05) is 0 Å². The Morgan fingerprint density at radius 3 is 2.38 bits per heavy atom. The molecule has 0 aliphatic heterocycles. The van der Waals surface area contributed by atoms with Crippen molar-refractivity contribution < 1.29 is 13.7 Å². The number of hydrogen-bond acceptors (Lipinski definition) is 3. The molecule has 0 bridgehead atoms. The number of benzene rings is 2. The first-order valence-corrected chi connectivity index (χ1v) is 6.27. The minimum Gasteiger partial charge on any atom is -0.320 e. The highest BCUT2D eigenvalue weighted by Gasteiger charge is 2.20. The fourth-order valence-corrected chi connectivity index (χ4v) is 2.22. The number of nitrogens with two attached hydrogens (primary N) is 1. The number of hydrogen-bond donors (Lipinski definition) is 1. The van der Waals surface area contributed by atoms with E-state index in [9.17, 15) is 18.9 Å². The fourth-order valence-electron chi connectivity index (χ4n) is 2.22. The number of nitrogens with zero attached hydrogens (tertiary/aromatic N) is 1. The second-order valence-corrected chi connectivity index (χ2v) is 4.88. The molecule has 1 unspecified atom stereocenters. The Morgan fingerprint density at radius 1 is 1.14 bits per heavy atom.